The molecule has 3 aromatic rings. The van der Waals surface area contributed by atoms with E-state index in [0.717, 1.165) is 31.9 Å². The first kappa shape index (κ1) is 27.6. The van der Waals surface area contributed by atoms with E-state index >= 15 is 0 Å². The molecule has 0 atom stereocenters. The SMILES string of the molecule is CCOc1ccc(Nc2nc(Nc3cnn(C4CCC(NC(=O)OC(C)(C)C)CC4)c3)ncc2[N+](=O)[O-])cc1. The predicted octanol–water partition coefficient (Wildman–Crippen LogP) is 5.48. The molecule has 39 heavy (non-hydrogen) atoms. The van der Waals surface area contributed by atoms with Crippen LogP contribution in [0.15, 0.2) is 42.9 Å². The summed E-state index contributed by atoms with van der Waals surface area (Å²) >= 11 is 0. The van der Waals surface area contributed by atoms with Crippen LogP contribution in [0.25, 0.3) is 0 Å². The molecule has 0 radical (unpaired) electrons. The monoisotopic (exact) mass is 538 g/mol. The molecular formula is C26H34N8O5. The van der Waals surface area contributed by atoms with Crippen LogP contribution < -0.4 is 20.7 Å². The fraction of sp³-hybridized carbons (Fsp3) is 0.462. The van der Waals surface area contributed by atoms with Gasteiger partial charge < -0.3 is 25.4 Å². The highest BCUT2D eigenvalue weighted by Gasteiger charge is 2.26. The maximum Gasteiger partial charge on any atom is 0.407 e. The summed E-state index contributed by atoms with van der Waals surface area (Å²) in [6.07, 6.45) is 7.63. The molecule has 0 spiro atoms. The Bertz CT molecular complexity index is 1280. The van der Waals surface area contributed by atoms with E-state index in [2.05, 4.69) is 31.0 Å². The molecule has 13 nitrogen and oxygen atoms in total. The quantitative estimate of drug-likeness (QED) is 0.235. The van der Waals surface area contributed by atoms with Crippen LogP contribution in [0.4, 0.5) is 33.6 Å². The third kappa shape index (κ3) is 7.79. The van der Waals surface area contributed by atoms with Crippen molar-refractivity contribution in [3.8, 4) is 5.75 Å². The van der Waals surface area contributed by atoms with Crippen molar-refractivity contribution in [3.05, 3.63) is 53.0 Å². The Balaban J connectivity index is 1.37. The molecule has 0 saturated heterocycles. The summed E-state index contributed by atoms with van der Waals surface area (Å²) in [5.41, 5.74) is 0.502. The number of rotatable bonds is 9. The molecule has 1 fully saturated rings. The summed E-state index contributed by atoms with van der Waals surface area (Å²) in [6.45, 7) is 7.96. The van der Waals surface area contributed by atoms with Crippen LogP contribution in [0.3, 0.4) is 0 Å². The van der Waals surface area contributed by atoms with E-state index in [1.165, 1.54) is 0 Å². The minimum absolute atomic E-state index is 0.0601. The van der Waals surface area contributed by atoms with Gasteiger partial charge >= 0.3 is 11.8 Å². The minimum atomic E-state index is -0.535. The third-order valence-electron chi connectivity index (χ3n) is 6.04. The average molecular weight is 539 g/mol. The summed E-state index contributed by atoms with van der Waals surface area (Å²) in [5.74, 6) is 0.955. The average Bonchev–Trinajstić information content (AvgIpc) is 3.33. The number of nitrogens with one attached hydrogen (secondary N) is 3. The lowest BCUT2D eigenvalue weighted by Crippen LogP contribution is -2.41. The molecule has 208 valence electrons. The highest BCUT2D eigenvalue weighted by atomic mass is 16.6. The van der Waals surface area contributed by atoms with Gasteiger partial charge in [0.1, 0.15) is 17.5 Å². The van der Waals surface area contributed by atoms with Crippen LogP contribution in [-0.2, 0) is 4.74 Å². The third-order valence-corrected chi connectivity index (χ3v) is 6.04. The van der Waals surface area contributed by atoms with Crippen LogP contribution in [0, 0.1) is 10.1 Å². The fourth-order valence-electron chi connectivity index (χ4n) is 4.29. The second-order valence-corrected chi connectivity index (χ2v) is 10.3. The molecule has 1 aliphatic carbocycles. The lowest BCUT2D eigenvalue weighted by atomic mass is 9.91. The zero-order valence-corrected chi connectivity index (χ0v) is 22.5. The molecule has 0 aliphatic heterocycles. The van der Waals surface area contributed by atoms with Crippen LogP contribution in [0.5, 0.6) is 5.75 Å². The molecule has 0 bridgehead atoms. The van der Waals surface area contributed by atoms with E-state index in [1.807, 2.05) is 38.6 Å². The number of carbonyl (C=O) groups excluding carboxylic acids is 1. The van der Waals surface area contributed by atoms with E-state index in [0.29, 0.717) is 23.7 Å². The Hall–Kier alpha value is -4.42. The van der Waals surface area contributed by atoms with Crippen molar-refractivity contribution in [2.45, 2.75) is 71.1 Å². The van der Waals surface area contributed by atoms with Crippen molar-refractivity contribution in [1.29, 1.82) is 0 Å². The van der Waals surface area contributed by atoms with Crippen LogP contribution in [0.1, 0.15) is 59.4 Å². The largest absolute Gasteiger partial charge is 0.494 e. The first-order valence-corrected chi connectivity index (χ1v) is 12.9. The Labute approximate surface area is 226 Å². The van der Waals surface area contributed by atoms with Crippen LogP contribution >= 0.6 is 0 Å². The Kier molecular flexibility index (Phi) is 8.47. The Morgan fingerprint density at radius 3 is 2.46 bits per heavy atom. The number of hydrogen-bond donors (Lipinski definition) is 3. The summed E-state index contributed by atoms with van der Waals surface area (Å²) < 4.78 is 12.7. The van der Waals surface area contributed by atoms with Gasteiger partial charge in [0.15, 0.2) is 0 Å². The van der Waals surface area contributed by atoms with Crippen molar-refractivity contribution < 1.29 is 19.2 Å². The summed E-state index contributed by atoms with van der Waals surface area (Å²) in [4.78, 5) is 31.5. The zero-order valence-electron chi connectivity index (χ0n) is 22.5. The van der Waals surface area contributed by atoms with E-state index in [4.69, 9.17) is 9.47 Å². The van der Waals surface area contributed by atoms with Gasteiger partial charge in [0, 0.05) is 17.9 Å². The van der Waals surface area contributed by atoms with Crippen molar-refractivity contribution in [2.24, 2.45) is 0 Å². The number of benzene rings is 1. The van der Waals surface area contributed by atoms with Gasteiger partial charge in [-0.2, -0.15) is 10.1 Å². The predicted molar refractivity (Wildman–Crippen MR) is 146 cm³/mol. The molecule has 1 amide bonds. The van der Waals surface area contributed by atoms with Gasteiger partial charge in [0.2, 0.25) is 11.8 Å². The molecule has 3 N–H and O–H groups in total. The smallest absolute Gasteiger partial charge is 0.407 e. The standard InChI is InChI=1S/C26H34N8O5/c1-5-38-21-12-8-17(9-13-21)29-23-22(34(36)37)15-27-24(32-23)30-19-14-28-33(16-19)20-10-6-18(7-11-20)31-25(35)39-26(2,3)4/h8-9,12-16,18,20H,5-7,10-11H2,1-4H3,(H,31,35)(H2,27,29,30,32). The van der Waals surface area contributed by atoms with Crippen LogP contribution in [-0.4, -0.2) is 49.0 Å². The van der Waals surface area contributed by atoms with E-state index in [-0.39, 0.29) is 29.5 Å². The molecule has 2 heterocycles. The number of aromatic nitrogens is 4. The molecule has 13 heteroatoms. The molecule has 0 unspecified atom stereocenters. The molecule has 1 aliphatic rings. The molecule has 1 saturated carbocycles. The molecule has 2 aromatic heterocycles. The van der Waals surface area contributed by atoms with Gasteiger partial charge in [-0.25, -0.2) is 9.78 Å². The number of ether oxygens (including phenoxy) is 2. The zero-order chi connectivity index (χ0) is 28.0. The number of amides is 1. The highest BCUT2D eigenvalue weighted by molar-refractivity contribution is 5.68. The van der Waals surface area contributed by atoms with Gasteiger partial charge in [0.05, 0.1) is 29.5 Å². The topological polar surface area (TPSA) is 158 Å². The van der Waals surface area contributed by atoms with E-state index in [9.17, 15) is 14.9 Å². The maximum absolute atomic E-state index is 12.1. The first-order valence-electron chi connectivity index (χ1n) is 12.9. The Morgan fingerprint density at radius 1 is 1.10 bits per heavy atom. The van der Waals surface area contributed by atoms with Gasteiger partial charge in [-0.15, -0.1) is 0 Å². The number of nitro groups is 1. The molecule has 1 aromatic carbocycles. The number of hydrogen-bond acceptors (Lipinski definition) is 10. The minimum Gasteiger partial charge on any atom is -0.494 e. The Morgan fingerprint density at radius 2 is 1.82 bits per heavy atom. The summed E-state index contributed by atoms with van der Waals surface area (Å²) in [6, 6.07) is 7.31. The number of nitrogens with zero attached hydrogens (tertiary/aromatic N) is 5. The first-order chi connectivity index (χ1) is 18.6. The van der Waals surface area contributed by atoms with Crippen molar-refractivity contribution >= 4 is 34.9 Å². The van der Waals surface area contributed by atoms with E-state index in [1.54, 1.807) is 30.5 Å². The van der Waals surface area contributed by atoms with Crippen molar-refractivity contribution in [3.63, 3.8) is 0 Å². The van der Waals surface area contributed by atoms with Crippen molar-refractivity contribution in [2.75, 3.05) is 17.2 Å². The highest BCUT2D eigenvalue weighted by Crippen LogP contribution is 2.30. The molecule has 4 rings (SSSR count). The second kappa shape index (κ2) is 12.0. The summed E-state index contributed by atoms with van der Waals surface area (Å²) in [7, 11) is 0. The van der Waals surface area contributed by atoms with Crippen LogP contribution in [0.2, 0.25) is 0 Å². The van der Waals surface area contributed by atoms with Gasteiger partial charge in [-0.05, 0) is 77.6 Å². The summed E-state index contributed by atoms with van der Waals surface area (Å²) in [5, 5.41) is 25.0. The van der Waals surface area contributed by atoms with E-state index < -0.39 is 16.6 Å². The van der Waals surface area contributed by atoms with Gasteiger partial charge in [0.25, 0.3) is 0 Å². The number of carbonyl (C=O) groups is 1. The second-order valence-electron chi connectivity index (χ2n) is 10.3. The fourth-order valence-corrected chi connectivity index (χ4v) is 4.29. The van der Waals surface area contributed by atoms with Gasteiger partial charge in [-0.1, -0.05) is 0 Å². The number of anilines is 4. The maximum atomic E-state index is 12.1. The van der Waals surface area contributed by atoms with Crippen molar-refractivity contribution in [1.82, 2.24) is 25.1 Å². The van der Waals surface area contributed by atoms with Gasteiger partial charge in [-0.3, -0.25) is 14.8 Å². The normalized spacial score (nSPS) is 17.2. The lowest BCUT2D eigenvalue weighted by molar-refractivity contribution is -0.384. The lowest BCUT2D eigenvalue weighted by Gasteiger charge is -2.30. The molecular weight excluding hydrogens is 504 g/mol. The number of alkyl carbamates (subject to hydrolysis) is 1.